The van der Waals surface area contributed by atoms with E-state index in [0.717, 1.165) is 5.56 Å². The molecule has 3 aromatic rings. The number of rotatable bonds is 7. The highest BCUT2D eigenvalue weighted by Gasteiger charge is 2.12. The highest BCUT2D eigenvalue weighted by atomic mass is 19.3. The predicted octanol–water partition coefficient (Wildman–Crippen LogP) is 3.66. The molecule has 3 rings (SSSR count). The Kier molecular flexibility index (Phi) is 5.60. The second kappa shape index (κ2) is 8.26. The summed E-state index contributed by atoms with van der Waals surface area (Å²) < 4.78 is 39.4. The van der Waals surface area contributed by atoms with E-state index in [-0.39, 0.29) is 18.0 Å². The zero-order chi connectivity index (χ0) is 19.2. The molecule has 0 atom stereocenters. The molecule has 7 nitrogen and oxygen atoms in total. The van der Waals surface area contributed by atoms with E-state index in [1.54, 1.807) is 37.3 Å². The van der Waals surface area contributed by atoms with Gasteiger partial charge >= 0.3 is 6.61 Å². The Balaban J connectivity index is 1.56. The number of aromatic nitrogens is 2. The van der Waals surface area contributed by atoms with Crippen LogP contribution in [0.25, 0.3) is 11.4 Å². The van der Waals surface area contributed by atoms with Gasteiger partial charge in [0, 0.05) is 12.5 Å². The predicted molar refractivity (Wildman–Crippen MR) is 91.7 cm³/mol. The van der Waals surface area contributed by atoms with Crippen molar-refractivity contribution in [3.8, 4) is 22.9 Å². The summed E-state index contributed by atoms with van der Waals surface area (Å²) in [7, 11) is 0. The minimum absolute atomic E-state index is 0.124. The van der Waals surface area contributed by atoms with E-state index in [9.17, 15) is 13.6 Å². The molecule has 0 saturated carbocycles. The third kappa shape index (κ3) is 5.00. The van der Waals surface area contributed by atoms with Crippen molar-refractivity contribution in [1.82, 2.24) is 10.1 Å². The van der Waals surface area contributed by atoms with Crippen molar-refractivity contribution in [1.29, 1.82) is 0 Å². The Bertz CT molecular complexity index is 913. The van der Waals surface area contributed by atoms with Crippen molar-refractivity contribution in [2.24, 2.45) is 0 Å². The lowest BCUT2D eigenvalue weighted by molar-refractivity contribution is -0.118. The van der Waals surface area contributed by atoms with Gasteiger partial charge in [-0.15, -0.1) is 0 Å². The molecule has 1 heterocycles. The first kappa shape index (κ1) is 18.3. The molecular formula is C18H15F2N3O4. The minimum Gasteiger partial charge on any atom is -0.484 e. The average Bonchev–Trinajstić information content (AvgIpc) is 3.08. The van der Waals surface area contributed by atoms with Crippen LogP contribution in [0, 0.1) is 6.92 Å². The van der Waals surface area contributed by atoms with Crippen LogP contribution in [0.15, 0.2) is 53.1 Å². The average molecular weight is 375 g/mol. The van der Waals surface area contributed by atoms with E-state index in [1.165, 1.54) is 18.2 Å². The number of carbonyl (C=O) groups excluding carboxylic acids is 1. The second-order valence-electron chi connectivity index (χ2n) is 5.37. The number of hydrogen-bond acceptors (Lipinski definition) is 6. The van der Waals surface area contributed by atoms with Crippen molar-refractivity contribution < 1.29 is 27.6 Å². The number of alkyl halides is 2. The van der Waals surface area contributed by atoms with Crippen molar-refractivity contribution in [2.45, 2.75) is 13.5 Å². The van der Waals surface area contributed by atoms with Crippen LogP contribution in [-0.2, 0) is 4.79 Å². The number of benzene rings is 2. The Morgan fingerprint density at radius 3 is 2.59 bits per heavy atom. The van der Waals surface area contributed by atoms with Crippen molar-refractivity contribution in [2.75, 3.05) is 11.9 Å². The number of anilines is 1. The lowest BCUT2D eigenvalue weighted by atomic mass is 10.2. The van der Waals surface area contributed by atoms with Gasteiger partial charge in [0.05, 0.1) is 5.69 Å². The number of para-hydroxylation sites is 2. The topological polar surface area (TPSA) is 86.5 Å². The Morgan fingerprint density at radius 2 is 1.93 bits per heavy atom. The summed E-state index contributed by atoms with van der Waals surface area (Å²) in [5.41, 5.74) is 0.871. The van der Waals surface area contributed by atoms with Crippen LogP contribution in [0.3, 0.4) is 0 Å². The van der Waals surface area contributed by atoms with Gasteiger partial charge in [-0.05, 0) is 36.4 Å². The van der Waals surface area contributed by atoms with Gasteiger partial charge in [-0.3, -0.25) is 4.79 Å². The highest BCUT2D eigenvalue weighted by Crippen LogP contribution is 2.25. The SMILES string of the molecule is Cc1nc(-c2ccc(OCC(=O)Nc3ccccc3OC(F)F)cc2)no1. The quantitative estimate of drug-likeness (QED) is 0.678. The molecular weight excluding hydrogens is 360 g/mol. The molecule has 27 heavy (non-hydrogen) atoms. The van der Waals surface area contributed by atoms with Crippen molar-refractivity contribution in [3.63, 3.8) is 0 Å². The first-order valence-electron chi connectivity index (χ1n) is 7.88. The summed E-state index contributed by atoms with van der Waals surface area (Å²) in [6, 6.07) is 12.7. The number of nitrogens with one attached hydrogen (secondary N) is 1. The zero-order valence-corrected chi connectivity index (χ0v) is 14.2. The maximum absolute atomic E-state index is 12.4. The smallest absolute Gasteiger partial charge is 0.387 e. The highest BCUT2D eigenvalue weighted by molar-refractivity contribution is 5.93. The fourth-order valence-electron chi connectivity index (χ4n) is 2.22. The van der Waals surface area contributed by atoms with Crippen LogP contribution in [0.5, 0.6) is 11.5 Å². The largest absolute Gasteiger partial charge is 0.484 e. The standard InChI is InChI=1S/C18H15F2N3O4/c1-11-21-17(23-27-11)12-6-8-13(9-7-12)25-10-16(24)22-14-4-2-3-5-15(14)26-18(19)20/h2-9,18H,10H2,1H3,(H,22,24). The van der Waals surface area contributed by atoms with Crippen LogP contribution in [0.1, 0.15) is 5.89 Å². The number of ether oxygens (including phenoxy) is 2. The second-order valence-corrected chi connectivity index (χ2v) is 5.37. The van der Waals surface area contributed by atoms with E-state index in [1.807, 2.05) is 0 Å². The number of aryl methyl sites for hydroxylation is 1. The molecule has 0 radical (unpaired) electrons. The van der Waals surface area contributed by atoms with Gasteiger partial charge in [-0.25, -0.2) is 0 Å². The van der Waals surface area contributed by atoms with E-state index in [0.29, 0.717) is 17.5 Å². The Hall–Kier alpha value is -3.49. The summed E-state index contributed by atoms with van der Waals surface area (Å²) in [6.07, 6.45) is 0. The summed E-state index contributed by atoms with van der Waals surface area (Å²) in [5, 5.41) is 6.28. The summed E-state index contributed by atoms with van der Waals surface area (Å²) in [6.45, 7) is -1.60. The van der Waals surface area contributed by atoms with Gasteiger partial charge in [0.1, 0.15) is 11.5 Å². The molecule has 0 aliphatic heterocycles. The molecule has 0 unspecified atom stereocenters. The summed E-state index contributed by atoms with van der Waals surface area (Å²) in [5.74, 6) is 0.718. The van der Waals surface area contributed by atoms with Crippen LogP contribution in [-0.4, -0.2) is 29.3 Å². The molecule has 2 aromatic carbocycles. The molecule has 1 amide bonds. The van der Waals surface area contributed by atoms with Crippen LogP contribution < -0.4 is 14.8 Å². The maximum Gasteiger partial charge on any atom is 0.387 e. The third-order valence-corrected chi connectivity index (χ3v) is 3.39. The number of hydrogen-bond donors (Lipinski definition) is 1. The number of nitrogens with zero attached hydrogens (tertiary/aromatic N) is 2. The number of halogens is 2. The minimum atomic E-state index is -2.99. The Labute approximate surface area is 152 Å². The van der Waals surface area contributed by atoms with E-state index < -0.39 is 12.5 Å². The first-order valence-corrected chi connectivity index (χ1v) is 7.88. The van der Waals surface area contributed by atoms with E-state index in [2.05, 4.69) is 20.2 Å². The van der Waals surface area contributed by atoms with E-state index >= 15 is 0 Å². The lowest BCUT2D eigenvalue weighted by Crippen LogP contribution is -2.20. The van der Waals surface area contributed by atoms with Crippen LogP contribution >= 0.6 is 0 Å². The molecule has 0 bridgehead atoms. The normalized spacial score (nSPS) is 10.7. The molecule has 0 saturated heterocycles. The van der Waals surface area contributed by atoms with Gasteiger partial charge in [0.2, 0.25) is 11.7 Å². The molecule has 0 aliphatic rings. The summed E-state index contributed by atoms with van der Waals surface area (Å²) >= 11 is 0. The van der Waals surface area contributed by atoms with E-state index in [4.69, 9.17) is 9.26 Å². The van der Waals surface area contributed by atoms with Crippen LogP contribution in [0.4, 0.5) is 14.5 Å². The van der Waals surface area contributed by atoms with Gasteiger partial charge in [0.25, 0.3) is 5.91 Å². The van der Waals surface area contributed by atoms with Crippen molar-refractivity contribution in [3.05, 3.63) is 54.4 Å². The molecule has 0 fully saturated rings. The number of carbonyl (C=O) groups is 1. The molecule has 0 spiro atoms. The van der Waals surface area contributed by atoms with Gasteiger partial charge < -0.3 is 19.3 Å². The van der Waals surface area contributed by atoms with Crippen molar-refractivity contribution >= 4 is 11.6 Å². The number of amides is 1. The molecule has 9 heteroatoms. The molecule has 0 aliphatic carbocycles. The van der Waals surface area contributed by atoms with Crippen LogP contribution in [0.2, 0.25) is 0 Å². The van der Waals surface area contributed by atoms with Gasteiger partial charge in [0.15, 0.2) is 6.61 Å². The first-order chi connectivity index (χ1) is 13.0. The molecule has 1 N–H and O–H groups in total. The molecule has 140 valence electrons. The fourth-order valence-corrected chi connectivity index (χ4v) is 2.22. The Morgan fingerprint density at radius 1 is 1.19 bits per heavy atom. The maximum atomic E-state index is 12.4. The monoisotopic (exact) mass is 375 g/mol. The van der Waals surface area contributed by atoms with Gasteiger partial charge in [-0.2, -0.15) is 13.8 Å². The van der Waals surface area contributed by atoms with Gasteiger partial charge in [-0.1, -0.05) is 17.3 Å². The third-order valence-electron chi connectivity index (χ3n) is 3.39. The molecule has 1 aromatic heterocycles. The lowest BCUT2D eigenvalue weighted by Gasteiger charge is -2.12. The zero-order valence-electron chi connectivity index (χ0n) is 14.2. The summed E-state index contributed by atoms with van der Waals surface area (Å²) in [4.78, 5) is 16.1. The fraction of sp³-hybridized carbons (Fsp3) is 0.167.